The van der Waals surface area contributed by atoms with E-state index in [1.165, 1.54) is 19.3 Å². The van der Waals surface area contributed by atoms with E-state index in [4.69, 9.17) is 0 Å². The molecule has 1 saturated carbocycles. The summed E-state index contributed by atoms with van der Waals surface area (Å²) >= 11 is 0. The Labute approximate surface area is 127 Å². The van der Waals surface area contributed by atoms with Gasteiger partial charge in [-0.2, -0.15) is 15.0 Å². The highest BCUT2D eigenvalue weighted by molar-refractivity contribution is 5.43. The zero-order valence-electron chi connectivity index (χ0n) is 13.8. The minimum atomic E-state index is 0.452. The van der Waals surface area contributed by atoms with Gasteiger partial charge >= 0.3 is 0 Å². The minimum Gasteiger partial charge on any atom is -0.354 e. The molecule has 0 radical (unpaired) electrons. The van der Waals surface area contributed by atoms with E-state index in [0.717, 1.165) is 12.5 Å². The summed E-state index contributed by atoms with van der Waals surface area (Å²) in [6, 6.07) is 0.452. The van der Waals surface area contributed by atoms with Crippen molar-refractivity contribution in [3.05, 3.63) is 0 Å². The second-order valence-electron chi connectivity index (χ2n) is 6.35. The molecule has 1 aromatic heterocycles. The third-order valence-electron chi connectivity index (χ3n) is 4.10. The zero-order chi connectivity index (χ0) is 15.4. The summed E-state index contributed by atoms with van der Waals surface area (Å²) in [5.41, 5.74) is 0. The number of hydrogen-bond donors (Lipinski definition) is 2. The Balaban J connectivity index is 2.14. The predicted octanol–water partition coefficient (Wildman–Crippen LogP) is 2.61. The molecule has 1 aliphatic carbocycles. The smallest absolute Gasteiger partial charge is 0.231 e. The van der Waals surface area contributed by atoms with Gasteiger partial charge in [0.15, 0.2) is 0 Å². The minimum absolute atomic E-state index is 0.452. The van der Waals surface area contributed by atoms with Crippen molar-refractivity contribution in [2.45, 2.75) is 46.1 Å². The average molecular weight is 292 g/mol. The van der Waals surface area contributed by atoms with Gasteiger partial charge in [-0.3, -0.25) is 0 Å². The second kappa shape index (κ2) is 6.91. The van der Waals surface area contributed by atoms with Gasteiger partial charge in [0.05, 0.1) is 0 Å². The molecule has 2 rings (SSSR count). The topological polar surface area (TPSA) is 66.0 Å². The molecule has 1 fully saturated rings. The molecule has 1 aliphatic rings. The lowest BCUT2D eigenvalue weighted by Crippen LogP contribution is -2.34. The van der Waals surface area contributed by atoms with Crippen LogP contribution in [0.4, 0.5) is 17.8 Å². The van der Waals surface area contributed by atoms with Gasteiger partial charge in [-0.1, -0.05) is 13.8 Å². The summed E-state index contributed by atoms with van der Waals surface area (Å²) in [6.07, 6.45) is 3.72. The first-order chi connectivity index (χ1) is 9.99. The van der Waals surface area contributed by atoms with Crippen molar-refractivity contribution in [1.82, 2.24) is 15.0 Å². The molecule has 6 nitrogen and oxygen atoms in total. The van der Waals surface area contributed by atoms with Crippen LogP contribution < -0.4 is 15.5 Å². The van der Waals surface area contributed by atoms with Crippen molar-refractivity contribution in [3.63, 3.8) is 0 Å². The summed E-state index contributed by atoms with van der Waals surface area (Å²) in [4.78, 5) is 15.3. The maximum atomic E-state index is 4.52. The highest BCUT2D eigenvalue weighted by atomic mass is 15.3. The molecular weight excluding hydrogens is 264 g/mol. The van der Waals surface area contributed by atoms with Crippen molar-refractivity contribution < 1.29 is 0 Å². The first-order valence-corrected chi connectivity index (χ1v) is 7.93. The van der Waals surface area contributed by atoms with E-state index < -0.39 is 0 Å². The largest absolute Gasteiger partial charge is 0.354 e. The average Bonchev–Trinajstić information content (AvgIpc) is 2.42. The number of nitrogens with zero attached hydrogens (tertiary/aromatic N) is 4. The van der Waals surface area contributed by atoms with Crippen LogP contribution in [-0.4, -0.2) is 41.6 Å². The molecule has 2 N–H and O–H groups in total. The Kier molecular flexibility index (Phi) is 5.20. The fourth-order valence-corrected chi connectivity index (χ4v) is 2.91. The van der Waals surface area contributed by atoms with Gasteiger partial charge in [-0.05, 0) is 38.0 Å². The third-order valence-corrected chi connectivity index (χ3v) is 4.10. The van der Waals surface area contributed by atoms with Crippen LogP contribution in [0, 0.1) is 11.8 Å². The van der Waals surface area contributed by atoms with Crippen LogP contribution >= 0.6 is 0 Å². The summed E-state index contributed by atoms with van der Waals surface area (Å²) < 4.78 is 0. The van der Waals surface area contributed by atoms with Crippen LogP contribution in [0.2, 0.25) is 0 Å². The molecule has 0 spiro atoms. The van der Waals surface area contributed by atoms with Crippen molar-refractivity contribution >= 4 is 17.8 Å². The summed E-state index contributed by atoms with van der Waals surface area (Å²) in [5.74, 6) is 3.47. The lowest BCUT2D eigenvalue weighted by Gasteiger charge is -2.33. The molecular formula is C15H28N6. The van der Waals surface area contributed by atoms with Gasteiger partial charge in [0, 0.05) is 26.7 Å². The highest BCUT2D eigenvalue weighted by Gasteiger charge is 2.26. The zero-order valence-corrected chi connectivity index (χ0v) is 13.8. The molecule has 0 aromatic carbocycles. The SMILES string of the molecule is CCNc1nc(NC2CCC(C)CC2C)nc(N(C)C)n1. The van der Waals surface area contributed by atoms with E-state index in [0.29, 0.717) is 29.8 Å². The Morgan fingerprint density at radius 3 is 2.43 bits per heavy atom. The van der Waals surface area contributed by atoms with Gasteiger partial charge in [0.1, 0.15) is 0 Å². The molecule has 0 amide bonds. The molecule has 1 heterocycles. The van der Waals surface area contributed by atoms with Crippen LogP contribution in [0.25, 0.3) is 0 Å². The van der Waals surface area contributed by atoms with Crippen molar-refractivity contribution in [2.75, 3.05) is 36.2 Å². The van der Waals surface area contributed by atoms with Crippen molar-refractivity contribution in [3.8, 4) is 0 Å². The van der Waals surface area contributed by atoms with Gasteiger partial charge in [-0.25, -0.2) is 0 Å². The van der Waals surface area contributed by atoms with Crippen LogP contribution in [0.1, 0.15) is 40.0 Å². The molecule has 0 saturated heterocycles. The predicted molar refractivity (Wildman–Crippen MR) is 87.9 cm³/mol. The van der Waals surface area contributed by atoms with Crippen LogP contribution in [-0.2, 0) is 0 Å². The highest BCUT2D eigenvalue weighted by Crippen LogP contribution is 2.30. The Bertz CT molecular complexity index is 461. The number of anilines is 3. The molecule has 6 heteroatoms. The van der Waals surface area contributed by atoms with E-state index in [9.17, 15) is 0 Å². The van der Waals surface area contributed by atoms with Crippen molar-refractivity contribution in [1.29, 1.82) is 0 Å². The normalized spacial score (nSPS) is 25.5. The van der Waals surface area contributed by atoms with Crippen LogP contribution in [0.3, 0.4) is 0 Å². The number of nitrogens with one attached hydrogen (secondary N) is 2. The lowest BCUT2D eigenvalue weighted by atomic mass is 9.80. The van der Waals surface area contributed by atoms with Gasteiger partial charge < -0.3 is 15.5 Å². The standard InChI is InChI=1S/C15H28N6/c1-6-16-13-18-14(20-15(19-13)21(4)5)17-12-8-7-10(2)9-11(12)3/h10-12H,6-9H2,1-5H3,(H2,16,17,18,19,20). The Morgan fingerprint density at radius 2 is 1.81 bits per heavy atom. The monoisotopic (exact) mass is 292 g/mol. The fraction of sp³-hybridized carbons (Fsp3) is 0.800. The first-order valence-electron chi connectivity index (χ1n) is 7.93. The van der Waals surface area contributed by atoms with Crippen LogP contribution in [0.5, 0.6) is 0 Å². The van der Waals surface area contributed by atoms with Crippen LogP contribution in [0.15, 0.2) is 0 Å². The number of aromatic nitrogens is 3. The summed E-state index contributed by atoms with van der Waals surface area (Å²) in [7, 11) is 3.89. The molecule has 3 unspecified atom stereocenters. The molecule has 0 aliphatic heterocycles. The van der Waals surface area contributed by atoms with E-state index in [1.807, 2.05) is 25.9 Å². The van der Waals surface area contributed by atoms with Crippen molar-refractivity contribution in [2.24, 2.45) is 11.8 Å². The quantitative estimate of drug-likeness (QED) is 0.869. The second-order valence-corrected chi connectivity index (χ2v) is 6.35. The Hall–Kier alpha value is -1.59. The van der Waals surface area contributed by atoms with E-state index >= 15 is 0 Å². The number of hydrogen-bond acceptors (Lipinski definition) is 6. The maximum Gasteiger partial charge on any atom is 0.231 e. The van der Waals surface area contributed by atoms with Gasteiger partial charge in [0.25, 0.3) is 0 Å². The molecule has 3 atom stereocenters. The third kappa shape index (κ3) is 4.19. The molecule has 118 valence electrons. The van der Waals surface area contributed by atoms with E-state index in [2.05, 4.69) is 39.4 Å². The summed E-state index contributed by atoms with van der Waals surface area (Å²) in [6.45, 7) is 7.49. The lowest BCUT2D eigenvalue weighted by molar-refractivity contribution is 0.276. The fourth-order valence-electron chi connectivity index (χ4n) is 2.91. The van der Waals surface area contributed by atoms with E-state index in [-0.39, 0.29) is 0 Å². The molecule has 21 heavy (non-hydrogen) atoms. The molecule has 0 bridgehead atoms. The summed E-state index contributed by atoms with van der Waals surface area (Å²) in [5, 5.41) is 6.69. The van der Waals surface area contributed by atoms with E-state index in [1.54, 1.807) is 0 Å². The van der Waals surface area contributed by atoms with Gasteiger partial charge in [-0.15, -0.1) is 0 Å². The first kappa shape index (κ1) is 15.8. The Morgan fingerprint density at radius 1 is 1.10 bits per heavy atom. The maximum absolute atomic E-state index is 4.52. The number of rotatable bonds is 5. The van der Waals surface area contributed by atoms with Gasteiger partial charge in [0.2, 0.25) is 17.8 Å². The molecule has 1 aromatic rings.